The van der Waals surface area contributed by atoms with Gasteiger partial charge < -0.3 is 4.42 Å². The van der Waals surface area contributed by atoms with Crippen molar-refractivity contribution in [2.75, 3.05) is 0 Å². The smallest absolute Gasteiger partial charge is 0.354 e. The van der Waals surface area contributed by atoms with Gasteiger partial charge in [-0.25, -0.2) is 9.78 Å². The number of rotatable bonds is 1. The van der Waals surface area contributed by atoms with Crippen LogP contribution in [0.3, 0.4) is 0 Å². The Kier molecular flexibility index (Phi) is 2.33. The van der Waals surface area contributed by atoms with E-state index >= 15 is 0 Å². The Morgan fingerprint density at radius 2 is 1.93 bits per heavy atom. The second kappa shape index (κ2) is 3.64. The van der Waals surface area contributed by atoms with Crippen molar-refractivity contribution in [1.29, 1.82) is 0 Å². The van der Waals surface area contributed by atoms with Crippen molar-refractivity contribution in [2.24, 2.45) is 0 Å². The Morgan fingerprint density at radius 1 is 1.21 bits per heavy atom. The molecule has 0 spiro atoms. The summed E-state index contributed by atoms with van der Waals surface area (Å²) >= 11 is 5.79. The van der Waals surface area contributed by atoms with Crippen LogP contribution in [0.5, 0.6) is 0 Å². The molecular weight excluding hydrogens is 202 g/mol. The fourth-order valence-corrected chi connectivity index (χ4v) is 1.30. The van der Waals surface area contributed by atoms with Gasteiger partial charge >= 0.3 is 5.63 Å². The van der Waals surface area contributed by atoms with E-state index in [0.717, 1.165) is 11.8 Å². The summed E-state index contributed by atoms with van der Waals surface area (Å²) in [5.74, 6) is 0.305. The van der Waals surface area contributed by atoms with Crippen LogP contribution in [0.2, 0.25) is 5.15 Å². The van der Waals surface area contributed by atoms with Gasteiger partial charge in [-0.3, -0.25) is 0 Å². The lowest BCUT2D eigenvalue weighted by Gasteiger charge is -1.99. The molecule has 4 heteroatoms. The molecule has 0 aliphatic carbocycles. The minimum atomic E-state index is -0.506. The van der Waals surface area contributed by atoms with Gasteiger partial charge in [0.05, 0.1) is 0 Å². The molecule has 0 atom stereocenters. The minimum Gasteiger partial charge on any atom is -0.418 e. The summed E-state index contributed by atoms with van der Waals surface area (Å²) in [5.41, 5.74) is 0.232. The van der Waals surface area contributed by atoms with E-state index in [1.54, 1.807) is 12.1 Å². The van der Waals surface area contributed by atoms with Gasteiger partial charge in [-0.05, 0) is 0 Å². The maximum absolute atomic E-state index is 10.9. The van der Waals surface area contributed by atoms with E-state index < -0.39 is 5.63 Å². The van der Waals surface area contributed by atoms with Crippen molar-refractivity contribution >= 4 is 11.6 Å². The molecular formula is C10H6ClNO2. The summed E-state index contributed by atoms with van der Waals surface area (Å²) in [4.78, 5) is 14.6. The normalized spacial score (nSPS) is 10.1. The van der Waals surface area contributed by atoms with Crippen LogP contribution in [0.25, 0.3) is 11.3 Å². The molecule has 2 rings (SSSR count). The molecule has 70 valence electrons. The summed E-state index contributed by atoms with van der Waals surface area (Å²) in [5, 5.41) is 0.191. The number of halogens is 1. The number of aromatic nitrogens is 1. The second-order valence-corrected chi connectivity index (χ2v) is 3.02. The predicted molar refractivity (Wildman–Crippen MR) is 53.2 cm³/mol. The Labute approximate surface area is 85.0 Å². The molecule has 0 saturated heterocycles. The average molecular weight is 208 g/mol. The molecule has 0 bridgehead atoms. The highest BCUT2D eigenvalue weighted by Crippen LogP contribution is 2.23. The zero-order valence-electron chi connectivity index (χ0n) is 7.11. The molecule has 0 N–H and O–H groups in total. The molecule has 0 aliphatic rings. The van der Waals surface area contributed by atoms with Gasteiger partial charge in [0.1, 0.15) is 6.20 Å². The lowest BCUT2D eigenvalue weighted by atomic mass is 10.2. The Morgan fingerprint density at radius 3 is 2.64 bits per heavy atom. The molecule has 0 fully saturated rings. The van der Waals surface area contributed by atoms with E-state index in [4.69, 9.17) is 16.0 Å². The number of nitrogens with zero attached hydrogens (tertiary/aromatic N) is 1. The van der Waals surface area contributed by atoms with E-state index in [0.29, 0.717) is 5.76 Å². The SMILES string of the molecule is O=c1cnc(Cl)c(-c2ccccc2)o1. The maximum atomic E-state index is 10.9. The Hall–Kier alpha value is -1.61. The molecule has 0 aliphatic heterocycles. The second-order valence-electron chi connectivity index (χ2n) is 2.67. The Balaban J connectivity index is 2.62. The van der Waals surface area contributed by atoms with Crippen LogP contribution in [0.4, 0.5) is 0 Å². The highest BCUT2D eigenvalue weighted by Gasteiger charge is 2.07. The van der Waals surface area contributed by atoms with Crippen LogP contribution in [-0.2, 0) is 0 Å². The predicted octanol–water partition coefficient (Wildman–Crippen LogP) is 2.36. The van der Waals surface area contributed by atoms with Gasteiger partial charge in [0.15, 0.2) is 10.9 Å². The van der Waals surface area contributed by atoms with Crippen LogP contribution in [0, 0.1) is 0 Å². The first-order valence-electron chi connectivity index (χ1n) is 3.98. The summed E-state index contributed by atoms with van der Waals surface area (Å²) < 4.78 is 4.94. The molecule has 3 nitrogen and oxygen atoms in total. The van der Waals surface area contributed by atoms with E-state index in [-0.39, 0.29) is 5.15 Å². The van der Waals surface area contributed by atoms with Gasteiger partial charge in [-0.15, -0.1) is 0 Å². The van der Waals surface area contributed by atoms with Gasteiger partial charge in [0, 0.05) is 5.56 Å². The lowest BCUT2D eigenvalue weighted by molar-refractivity contribution is 0.518. The van der Waals surface area contributed by atoms with Crippen molar-refractivity contribution in [3.8, 4) is 11.3 Å². The zero-order valence-corrected chi connectivity index (χ0v) is 7.86. The first-order chi connectivity index (χ1) is 6.77. The van der Waals surface area contributed by atoms with Gasteiger partial charge in [0.25, 0.3) is 0 Å². The third-order valence-corrected chi connectivity index (χ3v) is 1.98. The van der Waals surface area contributed by atoms with Crippen molar-refractivity contribution in [1.82, 2.24) is 4.98 Å². The van der Waals surface area contributed by atoms with E-state index in [1.165, 1.54) is 0 Å². The first kappa shape index (κ1) is 8.97. The highest BCUT2D eigenvalue weighted by atomic mass is 35.5. The molecule has 1 heterocycles. The fraction of sp³-hybridized carbons (Fsp3) is 0. The monoisotopic (exact) mass is 207 g/mol. The topological polar surface area (TPSA) is 43.1 Å². The minimum absolute atomic E-state index is 0.191. The molecule has 2 aromatic rings. The standard InChI is InChI=1S/C10H6ClNO2/c11-10-9(14-8(13)6-12-10)7-4-2-1-3-5-7/h1-6H. The van der Waals surface area contributed by atoms with Crippen LogP contribution in [-0.4, -0.2) is 4.98 Å². The number of benzene rings is 1. The number of hydrogen-bond acceptors (Lipinski definition) is 3. The number of hydrogen-bond donors (Lipinski definition) is 0. The van der Waals surface area contributed by atoms with E-state index in [2.05, 4.69) is 4.98 Å². The van der Waals surface area contributed by atoms with Crippen LogP contribution < -0.4 is 5.63 Å². The van der Waals surface area contributed by atoms with Gasteiger partial charge in [-0.2, -0.15) is 0 Å². The molecule has 0 saturated carbocycles. The fourth-order valence-electron chi connectivity index (χ4n) is 1.10. The van der Waals surface area contributed by atoms with Crippen molar-refractivity contribution < 1.29 is 4.42 Å². The van der Waals surface area contributed by atoms with Crippen molar-refractivity contribution in [3.63, 3.8) is 0 Å². The zero-order chi connectivity index (χ0) is 9.97. The third-order valence-electron chi connectivity index (χ3n) is 1.71. The summed E-state index contributed by atoms with van der Waals surface area (Å²) in [6, 6.07) is 9.13. The molecule has 1 aromatic carbocycles. The molecule has 14 heavy (non-hydrogen) atoms. The first-order valence-corrected chi connectivity index (χ1v) is 4.36. The largest absolute Gasteiger partial charge is 0.418 e. The van der Waals surface area contributed by atoms with Gasteiger partial charge in [-0.1, -0.05) is 41.9 Å². The maximum Gasteiger partial charge on any atom is 0.354 e. The van der Waals surface area contributed by atoms with Crippen LogP contribution in [0.1, 0.15) is 0 Å². The van der Waals surface area contributed by atoms with Crippen LogP contribution in [0.15, 0.2) is 45.7 Å². The highest BCUT2D eigenvalue weighted by molar-refractivity contribution is 6.31. The molecule has 0 unspecified atom stereocenters. The summed E-state index contributed by atoms with van der Waals surface area (Å²) in [6.07, 6.45) is 1.05. The van der Waals surface area contributed by atoms with Crippen LogP contribution >= 0.6 is 11.6 Å². The average Bonchev–Trinajstić information content (AvgIpc) is 2.23. The van der Waals surface area contributed by atoms with E-state index in [1.807, 2.05) is 18.2 Å². The Bertz CT molecular complexity index is 493. The lowest BCUT2D eigenvalue weighted by Crippen LogP contribution is -1.99. The third kappa shape index (κ3) is 1.67. The summed E-state index contributed by atoms with van der Waals surface area (Å²) in [7, 11) is 0. The van der Waals surface area contributed by atoms with E-state index in [9.17, 15) is 4.79 Å². The molecule has 1 aromatic heterocycles. The van der Waals surface area contributed by atoms with Crippen molar-refractivity contribution in [3.05, 3.63) is 52.1 Å². The van der Waals surface area contributed by atoms with Crippen molar-refractivity contribution in [2.45, 2.75) is 0 Å². The quantitative estimate of drug-likeness (QED) is 0.721. The summed E-state index contributed by atoms with van der Waals surface area (Å²) in [6.45, 7) is 0. The molecule has 0 radical (unpaired) electrons. The van der Waals surface area contributed by atoms with Gasteiger partial charge in [0.2, 0.25) is 0 Å². The molecule has 0 amide bonds.